The Morgan fingerprint density at radius 3 is 2.67 bits per heavy atom. The molecule has 1 atom stereocenters. The molecule has 0 aliphatic carbocycles. The summed E-state index contributed by atoms with van der Waals surface area (Å²) in [7, 11) is -3.22. The predicted molar refractivity (Wildman–Crippen MR) is 107 cm³/mol. The molecule has 0 saturated heterocycles. The van der Waals surface area contributed by atoms with E-state index in [1.165, 1.54) is 0 Å². The summed E-state index contributed by atoms with van der Waals surface area (Å²) in [5.41, 5.74) is 2.56. The lowest BCUT2D eigenvalue weighted by Gasteiger charge is -2.25. The zero-order chi connectivity index (χ0) is 18.7. The third-order valence-electron chi connectivity index (χ3n) is 4.84. The number of aromatic nitrogens is 2. The average molecular weight is 382 g/mol. The summed E-state index contributed by atoms with van der Waals surface area (Å²) in [5.74, 6) is 1.14. The van der Waals surface area contributed by atoms with Crippen molar-refractivity contribution in [3.05, 3.63) is 83.9 Å². The molecule has 2 heterocycles. The highest BCUT2D eigenvalue weighted by atomic mass is 32.2. The van der Waals surface area contributed by atoms with Crippen LogP contribution in [-0.4, -0.2) is 18.0 Å². The van der Waals surface area contributed by atoms with E-state index in [1.54, 1.807) is 0 Å². The Morgan fingerprint density at radius 1 is 1.04 bits per heavy atom. The van der Waals surface area contributed by atoms with E-state index in [-0.39, 0.29) is 17.5 Å². The second kappa shape index (κ2) is 7.56. The van der Waals surface area contributed by atoms with E-state index in [2.05, 4.69) is 14.9 Å². The van der Waals surface area contributed by atoms with Gasteiger partial charge >= 0.3 is 0 Å². The number of nitrogens with one attached hydrogen (secondary N) is 1. The maximum Gasteiger partial charge on any atom is 0.158 e. The Kier molecular flexibility index (Phi) is 4.99. The molecule has 4 rings (SSSR count). The van der Waals surface area contributed by atoms with Crippen LogP contribution in [0.25, 0.3) is 0 Å². The monoisotopic (exact) mass is 381 g/mol. The summed E-state index contributed by atoms with van der Waals surface area (Å²) in [6, 6.07) is 17.2. The van der Waals surface area contributed by atoms with E-state index >= 15 is 0 Å². The number of hydrogen-bond donors (Lipinski definition) is 1. The van der Waals surface area contributed by atoms with Crippen LogP contribution in [0.1, 0.15) is 35.8 Å². The Hall–Kier alpha value is -2.60. The Morgan fingerprint density at radius 2 is 1.81 bits per heavy atom. The Labute approximate surface area is 160 Å². The topological polar surface area (TPSA) is 64.0 Å². The van der Waals surface area contributed by atoms with E-state index in [1.807, 2.05) is 67.0 Å². The molecule has 1 aliphatic rings. The fourth-order valence-electron chi connectivity index (χ4n) is 3.64. The van der Waals surface area contributed by atoms with Gasteiger partial charge in [-0.3, -0.25) is 0 Å². The zero-order valence-corrected chi connectivity index (χ0v) is 15.9. The van der Waals surface area contributed by atoms with Crippen LogP contribution in [0.2, 0.25) is 0 Å². The van der Waals surface area contributed by atoms with E-state index in [9.17, 15) is 8.42 Å². The molecule has 0 bridgehead atoms. The Balaban J connectivity index is 1.47. The van der Waals surface area contributed by atoms with Gasteiger partial charge in [0.05, 0.1) is 17.5 Å². The van der Waals surface area contributed by atoms with Crippen molar-refractivity contribution in [2.24, 2.45) is 0 Å². The molecular formula is C21H23N3O2S. The van der Waals surface area contributed by atoms with Gasteiger partial charge in [-0.2, -0.15) is 0 Å². The van der Waals surface area contributed by atoms with Gasteiger partial charge in [-0.1, -0.05) is 42.5 Å². The van der Waals surface area contributed by atoms with Crippen LogP contribution in [0.3, 0.4) is 0 Å². The Bertz CT molecular complexity index is 1010. The van der Waals surface area contributed by atoms with Gasteiger partial charge in [0, 0.05) is 24.6 Å². The molecule has 0 saturated carbocycles. The van der Waals surface area contributed by atoms with Crippen LogP contribution >= 0.6 is 0 Å². The van der Waals surface area contributed by atoms with Gasteiger partial charge in [-0.25, -0.2) is 13.4 Å². The second-order valence-electron chi connectivity index (χ2n) is 7.04. The summed E-state index contributed by atoms with van der Waals surface area (Å²) in [4.78, 5) is 4.47. The van der Waals surface area contributed by atoms with Gasteiger partial charge in [0.2, 0.25) is 0 Å². The van der Waals surface area contributed by atoms with Crippen LogP contribution in [0.15, 0.2) is 67.0 Å². The summed E-state index contributed by atoms with van der Waals surface area (Å²) >= 11 is 0. The van der Waals surface area contributed by atoms with Crippen molar-refractivity contribution < 1.29 is 8.42 Å². The number of imidazole rings is 1. The van der Waals surface area contributed by atoms with Crippen molar-refractivity contribution in [1.29, 1.82) is 0 Å². The predicted octanol–water partition coefficient (Wildman–Crippen LogP) is 3.95. The molecule has 0 amide bonds. The molecule has 1 unspecified atom stereocenters. The van der Waals surface area contributed by atoms with Gasteiger partial charge in [-0.15, -0.1) is 0 Å². The van der Waals surface area contributed by atoms with E-state index in [0.717, 1.165) is 42.0 Å². The normalized spacial score (nSPS) is 16.7. The van der Waals surface area contributed by atoms with Gasteiger partial charge < -0.3 is 9.88 Å². The van der Waals surface area contributed by atoms with Crippen LogP contribution in [-0.2, 0) is 27.9 Å². The lowest BCUT2D eigenvalue weighted by atomic mass is 10.1. The molecule has 0 radical (unpaired) electrons. The van der Waals surface area contributed by atoms with Crippen LogP contribution in [0.5, 0.6) is 0 Å². The van der Waals surface area contributed by atoms with Crippen molar-refractivity contribution in [2.75, 3.05) is 5.32 Å². The first kappa shape index (κ1) is 17.8. The number of fused-ring (bicyclic) bond motifs is 1. The SMILES string of the molecule is O=S(=O)(Cc1ccccc1)Cc1cccc(NC2CCCn3ccnc32)c1. The highest BCUT2D eigenvalue weighted by Gasteiger charge is 2.21. The standard InChI is InChI=1S/C21H23N3O2S/c25-27(26,15-17-6-2-1-3-7-17)16-18-8-4-9-19(14-18)23-20-10-5-12-24-13-11-22-21(20)24/h1-4,6-9,11,13-14,20,23H,5,10,12,15-16H2. The maximum atomic E-state index is 12.6. The van der Waals surface area contributed by atoms with Crippen LogP contribution in [0.4, 0.5) is 5.69 Å². The van der Waals surface area contributed by atoms with Gasteiger partial charge in [0.25, 0.3) is 0 Å². The first-order valence-electron chi connectivity index (χ1n) is 9.20. The lowest BCUT2D eigenvalue weighted by molar-refractivity contribution is 0.470. The lowest BCUT2D eigenvalue weighted by Crippen LogP contribution is -2.21. The molecule has 6 heteroatoms. The highest BCUT2D eigenvalue weighted by Crippen LogP contribution is 2.28. The molecule has 140 valence electrons. The number of hydrogen-bond acceptors (Lipinski definition) is 4. The molecule has 5 nitrogen and oxygen atoms in total. The first-order chi connectivity index (χ1) is 13.1. The fraction of sp³-hybridized carbons (Fsp3) is 0.286. The minimum absolute atomic E-state index is 0.0384. The zero-order valence-electron chi connectivity index (χ0n) is 15.1. The van der Waals surface area contributed by atoms with Crippen molar-refractivity contribution in [2.45, 2.75) is 36.9 Å². The molecule has 2 aromatic carbocycles. The van der Waals surface area contributed by atoms with Crippen molar-refractivity contribution in [3.63, 3.8) is 0 Å². The number of anilines is 1. The number of nitrogens with zero attached hydrogens (tertiary/aromatic N) is 2. The van der Waals surface area contributed by atoms with Crippen molar-refractivity contribution in [1.82, 2.24) is 9.55 Å². The van der Waals surface area contributed by atoms with Gasteiger partial charge in [-0.05, 0) is 36.1 Å². The second-order valence-corrected chi connectivity index (χ2v) is 9.10. The smallest absolute Gasteiger partial charge is 0.158 e. The van der Waals surface area contributed by atoms with Gasteiger partial charge in [0.15, 0.2) is 9.84 Å². The third kappa shape index (κ3) is 4.39. The maximum absolute atomic E-state index is 12.6. The van der Waals surface area contributed by atoms with Crippen molar-refractivity contribution in [3.8, 4) is 0 Å². The van der Waals surface area contributed by atoms with Gasteiger partial charge in [0.1, 0.15) is 5.82 Å². The molecular weight excluding hydrogens is 358 g/mol. The van der Waals surface area contributed by atoms with Crippen LogP contribution in [0, 0.1) is 0 Å². The number of benzene rings is 2. The average Bonchev–Trinajstić information content (AvgIpc) is 3.12. The van der Waals surface area contributed by atoms with E-state index < -0.39 is 9.84 Å². The largest absolute Gasteiger partial charge is 0.375 e. The van der Waals surface area contributed by atoms with E-state index in [4.69, 9.17) is 0 Å². The summed E-state index contributed by atoms with van der Waals surface area (Å²) in [5, 5.41) is 3.52. The minimum Gasteiger partial charge on any atom is -0.375 e. The van der Waals surface area contributed by atoms with E-state index in [0.29, 0.717) is 0 Å². The van der Waals surface area contributed by atoms with Crippen molar-refractivity contribution >= 4 is 15.5 Å². The number of aryl methyl sites for hydroxylation is 1. The summed E-state index contributed by atoms with van der Waals surface area (Å²) in [6.07, 6.45) is 5.97. The van der Waals surface area contributed by atoms with Crippen LogP contribution < -0.4 is 5.32 Å². The fourth-order valence-corrected chi connectivity index (χ4v) is 5.13. The molecule has 0 spiro atoms. The molecule has 1 aliphatic heterocycles. The molecule has 1 aromatic heterocycles. The molecule has 1 N–H and O–H groups in total. The quantitative estimate of drug-likeness (QED) is 0.702. The summed E-state index contributed by atoms with van der Waals surface area (Å²) in [6.45, 7) is 1.01. The molecule has 3 aromatic rings. The third-order valence-corrected chi connectivity index (χ3v) is 6.38. The molecule has 27 heavy (non-hydrogen) atoms. The number of rotatable bonds is 6. The molecule has 0 fully saturated rings. The highest BCUT2D eigenvalue weighted by molar-refractivity contribution is 7.89. The number of sulfone groups is 1. The summed E-state index contributed by atoms with van der Waals surface area (Å²) < 4.78 is 27.3. The minimum atomic E-state index is -3.22. The first-order valence-corrected chi connectivity index (χ1v) is 11.0.